The average molecular weight is 538 g/mol. The van der Waals surface area contributed by atoms with Gasteiger partial charge in [-0.15, -0.1) is 0 Å². The van der Waals surface area contributed by atoms with Crippen LogP contribution >= 0.6 is 47.8 Å². The number of aromatic nitrogens is 1. The summed E-state index contributed by atoms with van der Waals surface area (Å²) in [4.78, 5) is 0. The fourth-order valence-corrected chi connectivity index (χ4v) is 4.72. The molecule has 3 rings (SSSR count). The second kappa shape index (κ2) is 7.29. The van der Waals surface area contributed by atoms with Crippen LogP contribution < -0.4 is 0 Å². The molecule has 0 radical (unpaired) electrons. The molecule has 0 fully saturated rings. The molecule has 0 bridgehead atoms. The molecule has 0 aliphatic heterocycles. The van der Waals surface area contributed by atoms with Gasteiger partial charge in [0.1, 0.15) is 5.56 Å². The van der Waals surface area contributed by atoms with Crippen molar-refractivity contribution in [1.82, 2.24) is 4.57 Å². The molecule has 1 nitrogen and oxygen atoms in total. The zero-order valence-corrected chi connectivity index (χ0v) is 17.4. The predicted octanol–water partition coefficient (Wildman–Crippen LogP) is 7.51. The average Bonchev–Trinajstić information content (AvgIpc) is 2.80. The van der Waals surface area contributed by atoms with E-state index >= 15 is 0 Å². The van der Waals surface area contributed by atoms with Crippen LogP contribution in [0.5, 0.6) is 0 Å². The summed E-state index contributed by atoms with van der Waals surface area (Å²) in [5.74, 6) is 0. The molecule has 0 atom stereocenters. The number of rotatable bonds is 3. The second-order valence-electron chi connectivity index (χ2n) is 5.40. The maximum absolute atomic E-state index is 13.5. The van der Waals surface area contributed by atoms with Gasteiger partial charge < -0.3 is 4.57 Å². The summed E-state index contributed by atoms with van der Waals surface area (Å²) in [6.45, 7) is 0.321. The molecule has 7 heteroatoms. The Bertz CT molecular complexity index is 885. The lowest BCUT2D eigenvalue weighted by atomic mass is 10.1. The lowest BCUT2D eigenvalue weighted by Crippen LogP contribution is -2.07. The van der Waals surface area contributed by atoms with Crippen LogP contribution in [0.2, 0.25) is 0 Å². The smallest absolute Gasteiger partial charge is 0.329 e. The van der Waals surface area contributed by atoms with Crippen LogP contribution in [0.15, 0.2) is 68.1 Å². The van der Waals surface area contributed by atoms with Crippen molar-refractivity contribution in [2.24, 2.45) is 0 Å². The Morgan fingerprint density at radius 2 is 1.44 bits per heavy atom. The van der Waals surface area contributed by atoms with Gasteiger partial charge >= 0.3 is 6.18 Å². The Kier molecular flexibility index (Phi) is 5.46. The van der Waals surface area contributed by atoms with Crippen molar-refractivity contribution in [3.8, 4) is 11.3 Å². The zero-order chi connectivity index (χ0) is 18.2. The minimum Gasteiger partial charge on any atom is -0.329 e. The first-order valence-corrected chi connectivity index (χ1v) is 9.61. The minimum absolute atomic E-state index is 0.00801. The summed E-state index contributed by atoms with van der Waals surface area (Å²) in [7, 11) is 0. The number of alkyl halides is 3. The first kappa shape index (κ1) is 18.7. The molecule has 3 aromatic rings. The SMILES string of the molecule is FC(F)(F)c1c(Br)c(-c2ccc(Br)cc2)n(Cc2ccccc2)c1Br. The number of halogens is 6. The largest absolute Gasteiger partial charge is 0.420 e. The van der Waals surface area contributed by atoms with Crippen LogP contribution in [0.4, 0.5) is 13.2 Å². The van der Waals surface area contributed by atoms with Crippen LogP contribution in [0, 0.1) is 0 Å². The van der Waals surface area contributed by atoms with E-state index in [9.17, 15) is 13.2 Å². The van der Waals surface area contributed by atoms with Gasteiger partial charge in [0, 0.05) is 11.0 Å². The van der Waals surface area contributed by atoms with Crippen LogP contribution in [0.25, 0.3) is 11.3 Å². The number of benzene rings is 2. The third kappa shape index (κ3) is 3.88. The molecule has 1 aromatic heterocycles. The van der Waals surface area contributed by atoms with Crippen molar-refractivity contribution in [3.63, 3.8) is 0 Å². The minimum atomic E-state index is -4.47. The highest BCUT2D eigenvalue weighted by Crippen LogP contribution is 2.47. The van der Waals surface area contributed by atoms with E-state index in [1.54, 1.807) is 16.7 Å². The summed E-state index contributed by atoms with van der Waals surface area (Å²) in [5.41, 5.74) is 1.39. The third-order valence-corrected chi connectivity index (χ3v) is 5.85. The topological polar surface area (TPSA) is 4.93 Å². The molecule has 0 saturated carbocycles. The molecular formula is C18H11Br3F3N. The van der Waals surface area contributed by atoms with Gasteiger partial charge in [-0.2, -0.15) is 13.2 Å². The van der Waals surface area contributed by atoms with E-state index in [2.05, 4.69) is 47.8 Å². The number of hydrogen-bond acceptors (Lipinski definition) is 0. The number of nitrogens with zero attached hydrogens (tertiary/aromatic N) is 1. The van der Waals surface area contributed by atoms with E-state index in [0.717, 1.165) is 10.0 Å². The van der Waals surface area contributed by atoms with Gasteiger partial charge in [0.25, 0.3) is 0 Å². The fourth-order valence-electron chi connectivity index (χ4n) is 2.61. The molecule has 130 valence electrons. The highest BCUT2D eigenvalue weighted by Gasteiger charge is 2.40. The maximum atomic E-state index is 13.5. The van der Waals surface area contributed by atoms with E-state index in [0.29, 0.717) is 17.8 Å². The first-order chi connectivity index (χ1) is 11.8. The summed E-state index contributed by atoms with van der Waals surface area (Å²) in [6.07, 6.45) is -4.47. The van der Waals surface area contributed by atoms with Gasteiger partial charge in [-0.25, -0.2) is 0 Å². The first-order valence-electron chi connectivity index (χ1n) is 7.23. The van der Waals surface area contributed by atoms with Gasteiger partial charge in [0.15, 0.2) is 0 Å². The van der Waals surface area contributed by atoms with Gasteiger partial charge in [-0.1, -0.05) is 58.4 Å². The van der Waals surface area contributed by atoms with Crippen molar-refractivity contribution in [1.29, 1.82) is 0 Å². The van der Waals surface area contributed by atoms with Crippen molar-refractivity contribution in [3.05, 3.63) is 79.3 Å². The summed E-state index contributed by atoms with van der Waals surface area (Å²) in [6, 6.07) is 16.6. The molecule has 0 aliphatic carbocycles. The Labute approximate surface area is 168 Å². The van der Waals surface area contributed by atoms with Crippen LogP contribution in [0.3, 0.4) is 0 Å². The van der Waals surface area contributed by atoms with E-state index in [1.807, 2.05) is 42.5 Å². The molecule has 0 N–H and O–H groups in total. The van der Waals surface area contributed by atoms with E-state index in [1.165, 1.54) is 0 Å². The van der Waals surface area contributed by atoms with Crippen LogP contribution in [-0.4, -0.2) is 4.57 Å². The van der Waals surface area contributed by atoms with E-state index in [-0.39, 0.29) is 9.08 Å². The summed E-state index contributed by atoms with van der Waals surface area (Å²) >= 11 is 9.69. The monoisotopic (exact) mass is 535 g/mol. The molecule has 0 amide bonds. The molecule has 1 heterocycles. The van der Waals surface area contributed by atoms with Crippen molar-refractivity contribution in [2.75, 3.05) is 0 Å². The Hall–Kier alpha value is -1.05. The standard InChI is InChI=1S/C18H11Br3F3N/c19-13-8-6-12(7-9-13)16-15(20)14(18(22,23)24)17(21)25(16)10-11-4-2-1-3-5-11/h1-9H,10H2. The molecular weight excluding hydrogens is 527 g/mol. The Morgan fingerprint density at radius 3 is 2.00 bits per heavy atom. The molecule has 2 aromatic carbocycles. The van der Waals surface area contributed by atoms with Gasteiger partial charge in [0.05, 0.1) is 14.8 Å². The molecule has 0 saturated heterocycles. The van der Waals surface area contributed by atoms with Crippen molar-refractivity contribution >= 4 is 47.8 Å². The van der Waals surface area contributed by atoms with Gasteiger partial charge in [-0.05, 0) is 55.1 Å². The highest BCUT2D eigenvalue weighted by atomic mass is 79.9. The second-order valence-corrected chi connectivity index (χ2v) is 7.86. The zero-order valence-electron chi connectivity index (χ0n) is 12.6. The van der Waals surface area contributed by atoms with Gasteiger partial charge in [-0.3, -0.25) is 0 Å². The highest BCUT2D eigenvalue weighted by molar-refractivity contribution is 9.11. The van der Waals surface area contributed by atoms with Crippen LogP contribution in [-0.2, 0) is 12.7 Å². The fraction of sp³-hybridized carbons (Fsp3) is 0.111. The normalized spacial score (nSPS) is 11.8. The Morgan fingerprint density at radius 1 is 0.840 bits per heavy atom. The lowest BCUT2D eigenvalue weighted by molar-refractivity contribution is -0.138. The molecule has 0 spiro atoms. The molecule has 0 unspecified atom stereocenters. The maximum Gasteiger partial charge on any atom is 0.420 e. The quantitative estimate of drug-likeness (QED) is 0.326. The summed E-state index contributed by atoms with van der Waals surface area (Å²) in [5, 5.41) is 0. The Balaban J connectivity index is 2.22. The number of hydrogen-bond donors (Lipinski definition) is 0. The van der Waals surface area contributed by atoms with Crippen molar-refractivity contribution in [2.45, 2.75) is 12.7 Å². The van der Waals surface area contributed by atoms with Crippen molar-refractivity contribution < 1.29 is 13.2 Å². The molecule has 25 heavy (non-hydrogen) atoms. The summed E-state index contributed by atoms with van der Waals surface area (Å²) < 4.78 is 43.2. The molecule has 0 aliphatic rings. The van der Waals surface area contributed by atoms with E-state index < -0.39 is 11.7 Å². The lowest BCUT2D eigenvalue weighted by Gasteiger charge is -2.12. The predicted molar refractivity (Wildman–Crippen MR) is 104 cm³/mol. The van der Waals surface area contributed by atoms with E-state index in [4.69, 9.17) is 0 Å². The third-order valence-electron chi connectivity index (χ3n) is 3.73. The van der Waals surface area contributed by atoms with Crippen LogP contribution in [0.1, 0.15) is 11.1 Å². The van der Waals surface area contributed by atoms with Gasteiger partial charge in [0.2, 0.25) is 0 Å².